The molecule has 0 saturated heterocycles. The predicted octanol–water partition coefficient (Wildman–Crippen LogP) is 4.67. The molecular weight excluding hydrogens is 370 g/mol. The average Bonchev–Trinajstić information content (AvgIpc) is 2.39. The zero-order valence-corrected chi connectivity index (χ0v) is 13.7. The van der Waals surface area contributed by atoms with Gasteiger partial charge in [0.1, 0.15) is 0 Å². The molecule has 0 heterocycles. The van der Waals surface area contributed by atoms with Crippen LogP contribution in [0.2, 0.25) is 0 Å². The molecule has 0 aliphatic rings. The van der Waals surface area contributed by atoms with Crippen LogP contribution in [-0.2, 0) is 0 Å². The first-order valence-corrected chi connectivity index (χ1v) is 7.58. The quantitative estimate of drug-likeness (QED) is 0.802. The molecule has 0 aromatic heterocycles. The summed E-state index contributed by atoms with van der Waals surface area (Å²) in [4.78, 5) is 0. The van der Waals surface area contributed by atoms with Crippen molar-refractivity contribution in [3.8, 4) is 0 Å². The number of benzene rings is 2. The van der Waals surface area contributed by atoms with E-state index in [-0.39, 0.29) is 12.6 Å². The maximum atomic E-state index is 9.58. The second-order valence-corrected chi connectivity index (χ2v) is 6.13. The number of hydrogen-bond donors (Lipinski definition) is 2. The van der Waals surface area contributed by atoms with Gasteiger partial charge in [-0.1, -0.05) is 18.2 Å². The van der Waals surface area contributed by atoms with Gasteiger partial charge in [0.25, 0.3) is 0 Å². The van der Waals surface area contributed by atoms with Gasteiger partial charge in [-0.05, 0) is 74.2 Å². The van der Waals surface area contributed by atoms with Gasteiger partial charge in [-0.3, -0.25) is 0 Å². The minimum atomic E-state index is -0.119. The van der Waals surface area contributed by atoms with Gasteiger partial charge in [0.2, 0.25) is 0 Å². The molecule has 2 aromatic rings. The first-order valence-electron chi connectivity index (χ1n) is 5.99. The molecule has 1 atom stereocenters. The topological polar surface area (TPSA) is 32.3 Å². The van der Waals surface area contributed by atoms with E-state index in [0.717, 1.165) is 20.2 Å². The fourth-order valence-corrected chi connectivity index (χ4v) is 2.54. The normalized spacial score (nSPS) is 12.2. The van der Waals surface area contributed by atoms with Crippen molar-refractivity contribution in [3.63, 3.8) is 0 Å². The lowest BCUT2D eigenvalue weighted by Gasteiger charge is -2.19. The van der Waals surface area contributed by atoms with Crippen molar-refractivity contribution >= 4 is 37.5 Å². The highest BCUT2D eigenvalue weighted by Gasteiger charge is 2.11. The van der Waals surface area contributed by atoms with E-state index in [9.17, 15) is 5.11 Å². The molecule has 2 N–H and O–H groups in total. The molecule has 0 aliphatic carbocycles. The third-order valence-corrected chi connectivity index (χ3v) is 4.77. The van der Waals surface area contributed by atoms with Crippen LogP contribution in [-0.4, -0.2) is 11.7 Å². The zero-order valence-electron chi connectivity index (χ0n) is 10.5. The van der Waals surface area contributed by atoms with E-state index in [1.165, 1.54) is 5.56 Å². The van der Waals surface area contributed by atoms with Gasteiger partial charge in [0.15, 0.2) is 0 Å². The summed E-state index contributed by atoms with van der Waals surface area (Å²) in [6, 6.07) is 14.0. The van der Waals surface area contributed by atoms with Crippen LogP contribution < -0.4 is 5.32 Å². The van der Waals surface area contributed by atoms with Gasteiger partial charge in [-0.25, -0.2) is 0 Å². The van der Waals surface area contributed by atoms with Gasteiger partial charge in [0, 0.05) is 14.6 Å². The van der Waals surface area contributed by atoms with Crippen molar-refractivity contribution in [3.05, 3.63) is 62.5 Å². The standard InChI is InChI=1S/C15H15Br2NO/c1-10-3-2-4-12(7-10)18-15(9-19)11-5-6-13(16)14(17)8-11/h2-8,15,18-19H,9H2,1H3. The van der Waals surface area contributed by atoms with Crippen LogP contribution in [0.3, 0.4) is 0 Å². The number of anilines is 1. The summed E-state index contributed by atoms with van der Waals surface area (Å²) in [6.45, 7) is 2.09. The van der Waals surface area contributed by atoms with Gasteiger partial charge >= 0.3 is 0 Å². The highest BCUT2D eigenvalue weighted by molar-refractivity contribution is 9.13. The van der Waals surface area contributed by atoms with Crippen molar-refractivity contribution < 1.29 is 5.11 Å². The van der Waals surface area contributed by atoms with E-state index in [1.54, 1.807) is 0 Å². The Morgan fingerprint density at radius 2 is 1.89 bits per heavy atom. The van der Waals surface area contributed by atoms with Crippen LogP contribution in [0.5, 0.6) is 0 Å². The Morgan fingerprint density at radius 3 is 2.53 bits per heavy atom. The minimum absolute atomic E-state index is 0.0437. The van der Waals surface area contributed by atoms with E-state index in [2.05, 4.69) is 56.2 Å². The second-order valence-electron chi connectivity index (χ2n) is 4.42. The molecule has 4 heteroatoms. The molecule has 0 radical (unpaired) electrons. The molecule has 19 heavy (non-hydrogen) atoms. The Balaban J connectivity index is 2.22. The Hall–Kier alpha value is -0.840. The number of aliphatic hydroxyl groups excluding tert-OH is 1. The number of aryl methyl sites for hydroxylation is 1. The number of halogens is 2. The molecule has 0 spiro atoms. The zero-order chi connectivity index (χ0) is 13.8. The summed E-state index contributed by atoms with van der Waals surface area (Å²) in [5.74, 6) is 0. The number of aliphatic hydroxyl groups is 1. The molecule has 2 aromatic carbocycles. The molecule has 0 saturated carbocycles. The molecular formula is C15H15Br2NO. The van der Waals surface area contributed by atoms with Gasteiger partial charge in [0.05, 0.1) is 12.6 Å². The summed E-state index contributed by atoms with van der Waals surface area (Å²) in [5.41, 5.74) is 3.25. The third kappa shape index (κ3) is 3.81. The summed E-state index contributed by atoms with van der Waals surface area (Å²) < 4.78 is 1.98. The average molecular weight is 385 g/mol. The first kappa shape index (κ1) is 14.6. The van der Waals surface area contributed by atoms with Crippen LogP contribution in [0, 0.1) is 6.92 Å². The smallest absolute Gasteiger partial charge is 0.0745 e. The molecule has 0 aliphatic heterocycles. The van der Waals surface area contributed by atoms with Crippen molar-refractivity contribution in [2.45, 2.75) is 13.0 Å². The Labute approximate surface area is 130 Å². The van der Waals surface area contributed by atoms with Gasteiger partial charge in [-0.2, -0.15) is 0 Å². The Bertz CT molecular complexity index is 572. The molecule has 2 rings (SSSR count). The monoisotopic (exact) mass is 383 g/mol. The summed E-state index contributed by atoms with van der Waals surface area (Å²) in [5, 5.41) is 12.9. The Morgan fingerprint density at radius 1 is 1.11 bits per heavy atom. The van der Waals surface area contributed by atoms with Crippen molar-refractivity contribution in [1.82, 2.24) is 0 Å². The number of hydrogen-bond acceptors (Lipinski definition) is 2. The second kappa shape index (κ2) is 6.55. The molecule has 1 unspecified atom stereocenters. The van der Waals surface area contributed by atoms with Crippen LogP contribution in [0.15, 0.2) is 51.4 Å². The molecule has 0 bridgehead atoms. The summed E-state index contributed by atoms with van der Waals surface area (Å²) in [7, 11) is 0. The maximum Gasteiger partial charge on any atom is 0.0745 e. The van der Waals surface area contributed by atoms with Gasteiger partial charge < -0.3 is 10.4 Å². The Kier molecular flexibility index (Phi) is 5.02. The van der Waals surface area contributed by atoms with E-state index >= 15 is 0 Å². The van der Waals surface area contributed by atoms with Crippen LogP contribution >= 0.6 is 31.9 Å². The fourth-order valence-electron chi connectivity index (χ4n) is 1.90. The van der Waals surface area contributed by atoms with Crippen LogP contribution in [0.4, 0.5) is 5.69 Å². The highest BCUT2D eigenvalue weighted by Crippen LogP contribution is 2.28. The first-order chi connectivity index (χ1) is 9.10. The highest BCUT2D eigenvalue weighted by atomic mass is 79.9. The molecule has 100 valence electrons. The lowest BCUT2D eigenvalue weighted by molar-refractivity contribution is 0.276. The maximum absolute atomic E-state index is 9.58. The summed E-state index contributed by atoms with van der Waals surface area (Å²) in [6.07, 6.45) is 0. The largest absolute Gasteiger partial charge is 0.394 e. The van der Waals surface area contributed by atoms with E-state index < -0.39 is 0 Å². The SMILES string of the molecule is Cc1cccc(NC(CO)c2ccc(Br)c(Br)c2)c1. The molecule has 0 amide bonds. The van der Waals surface area contributed by atoms with E-state index in [1.807, 2.05) is 30.3 Å². The molecule has 0 fully saturated rings. The van der Waals surface area contributed by atoms with Crippen LogP contribution in [0.1, 0.15) is 17.2 Å². The van der Waals surface area contributed by atoms with Crippen molar-refractivity contribution in [1.29, 1.82) is 0 Å². The number of rotatable bonds is 4. The fraction of sp³-hybridized carbons (Fsp3) is 0.200. The van der Waals surface area contributed by atoms with E-state index in [0.29, 0.717) is 0 Å². The number of nitrogens with one attached hydrogen (secondary N) is 1. The lowest BCUT2D eigenvalue weighted by atomic mass is 10.1. The minimum Gasteiger partial charge on any atom is -0.394 e. The molecule has 2 nitrogen and oxygen atoms in total. The van der Waals surface area contributed by atoms with E-state index in [4.69, 9.17) is 0 Å². The third-order valence-electron chi connectivity index (χ3n) is 2.89. The van der Waals surface area contributed by atoms with Gasteiger partial charge in [-0.15, -0.1) is 0 Å². The summed E-state index contributed by atoms with van der Waals surface area (Å²) >= 11 is 6.93. The predicted molar refractivity (Wildman–Crippen MR) is 86.5 cm³/mol. The van der Waals surface area contributed by atoms with Crippen LogP contribution in [0.25, 0.3) is 0 Å². The van der Waals surface area contributed by atoms with Crippen molar-refractivity contribution in [2.24, 2.45) is 0 Å². The van der Waals surface area contributed by atoms with Crippen molar-refractivity contribution in [2.75, 3.05) is 11.9 Å². The lowest BCUT2D eigenvalue weighted by Crippen LogP contribution is -2.14.